The van der Waals surface area contributed by atoms with E-state index >= 15 is 0 Å². The fourth-order valence-corrected chi connectivity index (χ4v) is 3.77. The summed E-state index contributed by atoms with van der Waals surface area (Å²) in [5.74, 6) is 0.615. The predicted octanol–water partition coefficient (Wildman–Crippen LogP) is 2.62. The minimum Gasteiger partial charge on any atom is -0.319 e. The summed E-state index contributed by atoms with van der Waals surface area (Å²) in [6.07, 6.45) is 0. The highest BCUT2D eigenvalue weighted by Gasteiger charge is 2.28. The van der Waals surface area contributed by atoms with Crippen molar-refractivity contribution in [2.75, 3.05) is 18.8 Å². The number of thioether (sulfide) groups is 2. The summed E-state index contributed by atoms with van der Waals surface area (Å²) >= 11 is 2.42. The van der Waals surface area contributed by atoms with Gasteiger partial charge in [0.15, 0.2) is 0 Å². The van der Waals surface area contributed by atoms with Crippen LogP contribution in [0.5, 0.6) is 0 Å². The van der Waals surface area contributed by atoms with Gasteiger partial charge in [-0.3, -0.25) is 9.59 Å². The van der Waals surface area contributed by atoms with Crippen molar-refractivity contribution in [2.45, 2.75) is 5.25 Å². The fourth-order valence-electron chi connectivity index (χ4n) is 1.71. The molecule has 1 aliphatic heterocycles. The molecule has 19 heavy (non-hydrogen) atoms. The van der Waals surface area contributed by atoms with Crippen LogP contribution in [0.3, 0.4) is 0 Å². The van der Waals surface area contributed by atoms with Crippen molar-refractivity contribution in [3.05, 3.63) is 35.9 Å². The molecule has 0 bridgehead atoms. The van der Waals surface area contributed by atoms with Crippen molar-refractivity contribution in [1.29, 1.82) is 5.26 Å². The number of nitriles is 1. The van der Waals surface area contributed by atoms with Crippen LogP contribution < -0.4 is 0 Å². The van der Waals surface area contributed by atoms with Crippen LogP contribution in [0.2, 0.25) is 0 Å². The Hall–Kier alpha value is -1.45. The number of rotatable bonds is 3. The fraction of sp³-hybridized carbons (Fsp3) is 0.308. The zero-order valence-corrected chi connectivity index (χ0v) is 11.7. The monoisotopic (exact) mass is 292 g/mol. The highest BCUT2D eigenvalue weighted by Crippen LogP contribution is 2.27. The molecule has 1 aromatic rings. The highest BCUT2D eigenvalue weighted by atomic mass is 32.2. The standard InChI is InChI=1S/C13H12N2O2S2/c14-6-7-15-8-11(9-18-13(15)17)19-12(16)10-4-2-1-3-5-10/h1-5,11H,7-9H2. The number of nitrogens with zero attached hydrogens (tertiary/aromatic N) is 2. The van der Waals surface area contributed by atoms with Gasteiger partial charge in [0, 0.05) is 23.1 Å². The van der Waals surface area contributed by atoms with E-state index in [9.17, 15) is 9.59 Å². The number of hydrogen-bond acceptors (Lipinski definition) is 5. The van der Waals surface area contributed by atoms with Crippen LogP contribution in [0.1, 0.15) is 10.4 Å². The second-order valence-corrected chi connectivity index (χ2v) is 6.25. The summed E-state index contributed by atoms with van der Waals surface area (Å²) < 4.78 is 0. The van der Waals surface area contributed by atoms with Crippen LogP contribution in [0.4, 0.5) is 4.79 Å². The van der Waals surface area contributed by atoms with Crippen molar-refractivity contribution in [1.82, 2.24) is 4.90 Å². The van der Waals surface area contributed by atoms with Gasteiger partial charge in [0.1, 0.15) is 6.54 Å². The number of amides is 1. The van der Waals surface area contributed by atoms with Crippen molar-refractivity contribution >= 4 is 33.9 Å². The van der Waals surface area contributed by atoms with Crippen LogP contribution >= 0.6 is 23.5 Å². The third kappa shape index (κ3) is 3.75. The molecular weight excluding hydrogens is 280 g/mol. The lowest BCUT2D eigenvalue weighted by Crippen LogP contribution is -2.40. The molecular formula is C13H12N2O2S2. The third-order valence-electron chi connectivity index (χ3n) is 2.62. The van der Waals surface area contributed by atoms with Gasteiger partial charge < -0.3 is 4.90 Å². The summed E-state index contributed by atoms with van der Waals surface area (Å²) in [7, 11) is 0. The van der Waals surface area contributed by atoms with Gasteiger partial charge in [-0.2, -0.15) is 5.26 Å². The van der Waals surface area contributed by atoms with Crippen LogP contribution in [-0.4, -0.2) is 39.3 Å². The molecule has 2 rings (SSSR count). The minimum absolute atomic E-state index is 0.0115. The van der Waals surface area contributed by atoms with Gasteiger partial charge >= 0.3 is 0 Å². The lowest BCUT2D eigenvalue weighted by atomic mass is 10.2. The molecule has 1 fully saturated rings. The molecule has 6 heteroatoms. The molecule has 0 aliphatic carbocycles. The zero-order chi connectivity index (χ0) is 13.7. The van der Waals surface area contributed by atoms with Gasteiger partial charge in [-0.15, -0.1) is 0 Å². The van der Waals surface area contributed by atoms with E-state index in [0.717, 1.165) is 0 Å². The maximum Gasteiger partial charge on any atom is 0.282 e. The van der Waals surface area contributed by atoms with E-state index in [2.05, 4.69) is 0 Å². The van der Waals surface area contributed by atoms with Crippen molar-refractivity contribution < 1.29 is 9.59 Å². The van der Waals surface area contributed by atoms with E-state index in [4.69, 9.17) is 5.26 Å². The van der Waals surface area contributed by atoms with Crippen molar-refractivity contribution in [2.24, 2.45) is 0 Å². The van der Waals surface area contributed by atoms with Crippen molar-refractivity contribution in [3.63, 3.8) is 0 Å². The molecule has 0 N–H and O–H groups in total. The quantitative estimate of drug-likeness (QED) is 0.801. The van der Waals surface area contributed by atoms with E-state index in [1.807, 2.05) is 24.3 Å². The van der Waals surface area contributed by atoms with E-state index in [1.54, 1.807) is 12.1 Å². The molecule has 1 aromatic carbocycles. The SMILES string of the molecule is N#CCN1CC(SC(=O)c2ccccc2)CSC1=O. The van der Waals surface area contributed by atoms with E-state index in [1.165, 1.54) is 28.4 Å². The minimum atomic E-state index is -0.0782. The number of carbonyl (C=O) groups is 2. The summed E-state index contributed by atoms with van der Waals surface area (Å²) in [5, 5.41) is 8.63. The number of carbonyl (C=O) groups excluding carboxylic acids is 2. The van der Waals surface area contributed by atoms with Gasteiger partial charge in [0.2, 0.25) is 5.12 Å². The largest absolute Gasteiger partial charge is 0.319 e. The summed E-state index contributed by atoms with van der Waals surface area (Å²) in [6.45, 7) is 0.547. The lowest BCUT2D eigenvalue weighted by Gasteiger charge is -2.29. The average Bonchev–Trinajstić information content (AvgIpc) is 2.44. The molecule has 1 amide bonds. The van der Waals surface area contributed by atoms with Crippen LogP contribution in [0.25, 0.3) is 0 Å². The topological polar surface area (TPSA) is 61.2 Å². The Morgan fingerprint density at radius 2 is 2.21 bits per heavy atom. The molecule has 0 spiro atoms. The van der Waals surface area contributed by atoms with Crippen molar-refractivity contribution in [3.8, 4) is 6.07 Å². The Morgan fingerprint density at radius 3 is 2.89 bits per heavy atom. The lowest BCUT2D eigenvalue weighted by molar-refractivity contribution is 0.108. The summed E-state index contributed by atoms with van der Waals surface area (Å²) in [4.78, 5) is 25.1. The number of benzene rings is 1. The van der Waals surface area contributed by atoms with Gasteiger partial charge in [0.05, 0.1) is 6.07 Å². The van der Waals surface area contributed by atoms with Crippen LogP contribution in [0, 0.1) is 11.3 Å². The Morgan fingerprint density at radius 1 is 1.47 bits per heavy atom. The van der Waals surface area contributed by atoms with Gasteiger partial charge in [-0.25, -0.2) is 0 Å². The maximum absolute atomic E-state index is 12.0. The Balaban J connectivity index is 1.95. The van der Waals surface area contributed by atoms with Crippen LogP contribution in [-0.2, 0) is 0 Å². The Bertz CT molecular complexity index is 513. The highest BCUT2D eigenvalue weighted by molar-refractivity contribution is 8.17. The predicted molar refractivity (Wildman–Crippen MR) is 77.2 cm³/mol. The second kappa shape index (κ2) is 6.64. The van der Waals surface area contributed by atoms with Gasteiger partial charge in [-0.05, 0) is 0 Å². The Labute approximate surface area is 120 Å². The van der Waals surface area contributed by atoms with Gasteiger partial charge in [0.25, 0.3) is 5.24 Å². The average molecular weight is 292 g/mol. The first-order chi connectivity index (χ1) is 9.20. The maximum atomic E-state index is 12.0. The molecule has 1 heterocycles. The second-order valence-electron chi connectivity index (χ2n) is 4.01. The molecule has 1 aliphatic rings. The molecule has 1 saturated heterocycles. The first-order valence-corrected chi connectivity index (χ1v) is 7.62. The molecule has 4 nitrogen and oxygen atoms in total. The first-order valence-electron chi connectivity index (χ1n) is 5.75. The molecule has 1 atom stereocenters. The zero-order valence-electron chi connectivity index (χ0n) is 10.1. The summed E-state index contributed by atoms with van der Waals surface area (Å²) in [6, 6.07) is 11.1. The number of hydrogen-bond donors (Lipinski definition) is 0. The third-order valence-corrected chi connectivity index (χ3v) is 5.00. The Kier molecular flexibility index (Phi) is 4.88. The van der Waals surface area contributed by atoms with Gasteiger partial charge in [-0.1, -0.05) is 53.9 Å². The van der Waals surface area contributed by atoms with E-state index in [-0.39, 0.29) is 22.1 Å². The molecule has 98 valence electrons. The van der Waals surface area contributed by atoms with Crippen LogP contribution in [0.15, 0.2) is 30.3 Å². The molecule has 1 unspecified atom stereocenters. The van der Waals surface area contributed by atoms with E-state index < -0.39 is 0 Å². The van der Waals surface area contributed by atoms with E-state index in [0.29, 0.717) is 17.9 Å². The molecule has 0 saturated carbocycles. The normalized spacial score (nSPS) is 19.0. The summed E-state index contributed by atoms with van der Waals surface area (Å²) in [5.41, 5.74) is 0.668. The molecule has 0 aromatic heterocycles. The smallest absolute Gasteiger partial charge is 0.282 e. The first kappa shape index (κ1) is 14.0. The molecule has 0 radical (unpaired) electrons.